The van der Waals surface area contributed by atoms with Gasteiger partial charge in [0.15, 0.2) is 0 Å². The molecule has 2 aromatic carbocycles. The highest BCUT2D eigenvalue weighted by Gasteiger charge is 2.35. The van der Waals surface area contributed by atoms with E-state index < -0.39 is 11.7 Å². The van der Waals surface area contributed by atoms with Gasteiger partial charge in [0.1, 0.15) is 0 Å². The largest absolute Gasteiger partial charge is 0.416 e. The van der Waals surface area contributed by atoms with E-state index in [4.69, 9.17) is 4.74 Å². The summed E-state index contributed by atoms with van der Waals surface area (Å²) in [5.41, 5.74) is 0.684. The summed E-state index contributed by atoms with van der Waals surface area (Å²) in [7, 11) is 0. The minimum Gasteiger partial charge on any atom is -0.379 e. The van der Waals surface area contributed by atoms with Gasteiger partial charge in [0.25, 0.3) is 11.8 Å². The lowest BCUT2D eigenvalue weighted by Crippen LogP contribution is -2.44. The average Bonchev–Trinajstić information content (AvgIpc) is 3.09. The Morgan fingerprint density at radius 3 is 2.14 bits per heavy atom. The third-order valence-corrected chi connectivity index (χ3v) is 6.27. The lowest BCUT2D eigenvalue weighted by molar-refractivity contribution is -0.137. The van der Waals surface area contributed by atoms with Crippen LogP contribution in [0, 0.1) is 0 Å². The van der Waals surface area contributed by atoms with E-state index >= 15 is 0 Å². The lowest BCUT2D eigenvalue weighted by atomic mass is 10.0. The van der Waals surface area contributed by atoms with Crippen molar-refractivity contribution in [3.63, 3.8) is 0 Å². The number of carbonyl (C=O) groups is 3. The molecule has 0 aromatic heterocycles. The number of hydrogen-bond acceptors (Lipinski definition) is 5. The molecule has 0 saturated carbocycles. The van der Waals surface area contributed by atoms with Gasteiger partial charge >= 0.3 is 6.18 Å². The number of imide groups is 1. The van der Waals surface area contributed by atoms with Crippen LogP contribution >= 0.6 is 0 Å². The number of alkyl halides is 3. The number of amides is 3. The van der Waals surface area contributed by atoms with Crippen molar-refractivity contribution in [2.75, 3.05) is 39.4 Å². The summed E-state index contributed by atoms with van der Waals surface area (Å²) in [6, 6.07) is 11.3. The predicted octanol–water partition coefficient (Wildman–Crippen LogP) is 3.27. The maximum Gasteiger partial charge on any atom is 0.416 e. The molecule has 1 saturated heterocycles. The van der Waals surface area contributed by atoms with Crippen LogP contribution in [0.2, 0.25) is 0 Å². The average molecular weight is 489 g/mol. The fourth-order valence-corrected chi connectivity index (χ4v) is 4.38. The van der Waals surface area contributed by atoms with E-state index in [1.165, 1.54) is 12.1 Å². The van der Waals surface area contributed by atoms with Crippen LogP contribution in [0.15, 0.2) is 48.5 Å². The molecule has 4 rings (SSSR count). The molecule has 0 aliphatic carbocycles. The second kappa shape index (κ2) is 10.6. The molecule has 35 heavy (non-hydrogen) atoms. The molecule has 2 aliphatic rings. The Kier molecular flexibility index (Phi) is 7.51. The number of ether oxygens (including phenoxy) is 1. The zero-order valence-corrected chi connectivity index (χ0v) is 19.0. The molecule has 2 heterocycles. The molecular weight excluding hydrogens is 463 g/mol. The molecule has 2 aliphatic heterocycles. The highest BCUT2D eigenvalue weighted by molar-refractivity contribution is 6.21. The first-order chi connectivity index (χ1) is 16.8. The highest BCUT2D eigenvalue weighted by Crippen LogP contribution is 2.31. The fraction of sp³-hybridized carbons (Fsp3) is 0.400. The van der Waals surface area contributed by atoms with Gasteiger partial charge in [-0.3, -0.25) is 24.2 Å². The molecule has 0 radical (unpaired) electrons. The van der Waals surface area contributed by atoms with Gasteiger partial charge in [-0.2, -0.15) is 13.2 Å². The van der Waals surface area contributed by atoms with Gasteiger partial charge in [0, 0.05) is 32.6 Å². The molecule has 186 valence electrons. The summed E-state index contributed by atoms with van der Waals surface area (Å²) in [4.78, 5) is 40.6. The Balaban J connectivity index is 1.32. The standard InChI is InChI=1S/C25H26F3N3O4/c26-25(27,28)18-9-7-17(8-10-18)21(30-12-14-35-15-13-30)16-29-22(32)6-3-11-31-23(33)19-4-1-2-5-20(19)24(31)34/h1-2,4-5,7-10,21H,3,6,11-16H2,(H,29,32). The summed E-state index contributed by atoms with van der Waals surface area (Å²) in [5, 5.41) is 2.86. The van der Waals surface area contributed by atoms with Crippen molar-refractivity contribution >= 4 is 17.7 Å². The number of halogens is 3. The van der Waals surface area contributed by atoms with E-state index in [2.05, 4.69) is 10.2 Å². The lowest BCUT2D eigenvalue weighted by Gasteiger charge is -2.35. The van der Waals surface area contributed by atoms with Crippen LogP contribution in [0.25, 0.3) is 0 Å². The number of hydrogen-bond donors (Lipinski definition) is 1. The predicted molar refractivity (Wildman–Crippen MR) is 121 cm³/mol. The normalized spacial score (nSPS) is 17.4. The van der Waals surface area contributed by atoms with Crippen molar-refractivity contribution in [1.82, 2.24) is 15.1 Å². The molecule has 3 amide bonds. The molecule has 1 fully saturated rings. The van der Waals surface area contributed by atoms with Crippen molar-refractivity contribution in [2.45, 2.75) is 25.1 Å². The van der Waals surface area contributed by atoms with Crippen LogP contribution in [0.1, 0.15) is 50.7 Å². The van der Waals surface area contributed by atoms with E-state index in [0.29, 0.717) is 49.4 Å². The summed E-state index contributed by atoms with van der Waals surface area (Å²) in [5.74, 6) is -0.979. The topological polar surface area (TPSA) is 79.0 Å². The van der Waals surface area contributed by atoms with Crippen molar-refractivity contribution in [3.8, 4) is 0 Å². The summed E-state index contributed by atoms with van der Waals surface area (Å²) in [6.07, 6.45) is -4.00. The first-order valence-corrected chi connectivity index (χ1v) is 11.5. The smallest absolute Gasteiger partial charge is 0.379 e. The minimum absolute atomic E-state index is 0.107. The molecule has 1 atom stereocenters. The SMILES string of the molecule is O=C(CCCN1C(=O)c2ccccc2C1=O)NCC(c1ccc(C(F)(F)F)cc1)N1CCOCC1. The van der Waals surface area contributed by atoms with Gasteiger partial charge in [-0.25, -0.2) is 0 Å². The third kappa shape index (κ3) is 5.71. The Morgan fingerprint density at radius 1 is 0.971 bits per heavy atom. The molecule has 1 unspecified atom stereocenters. The summed E-state index contributed by atoms with van der Waals surface area (Å²) in [6.45, 7) is 2.56. The van der Waals surface area contributed by atoms with Crippen LogP contribution in [0.5, 0.6) is 0 Å². The number of rotatable bonds is 8. The first-order valence-electron chi connectivity index (χ1n) is 11.5. The number of morpholine rings is 1. The maximum absolute atomic E-state index is 13.0. The minimum atomic E-state index is -4.42. The van der Waals surface area contributed by atoms with Crippen LogP contribution < -0.4 is 5.32 Å². The van der Waals surface area contributed by atoms with Crippen LogP contribution in [-0.2, 0) is 15.7 Å². The monoisotopic (exact) mass is 489 g/mol. The molecule has 1 N–H and O–H groups in total. The van der Waals surface area contributed by atoms with Gasteiger partial charge in [-0.1, -0.05) is 24.3 Å². The second-order valence-electron chi connectivity index (χ2n) is 8.50. The van der Waals surface area contributed by atoms with Crippen molar-refractivity contribution in [1.29, 1.82) is 0 Å². The fourth-order valence-electron chi connectivity index (χ4n) is 4.38. The van der Waals surface area contributed by atoms with Crippen LogP contribution in [0.4, 0.5) is 13.2 Å². The van der Waals surface area contributed by atoms with E-state index in [-0.39, 0.29) is 43.3 Å². The van der Waals surface area contributed by atoms with E-state index in [9.17, 15) is 27.6 Å². The van der Waals surface area contributed by atoms with Gasteiger partial charge in [0.2, 0.25) is 5.91 Å². The second-order valence-corrected chi connectivity index (χ2v) is 8.50. The van der Waals surface area contributed by atoms with Crippen LogP contribution in [0.3, 0.4) is 0 Å². The quantitative estimate of drug-likeness (QED) is 0.576. The molecule has 2 aromatic rings. The number of nitrogens with zero attached hydrogens (tertiary/aromatic N) is 2. The number of carbonyl (C=O) groups excluding carboxylic acids is 3. The van der Waals surface area contributed by atoms with Gasteiger partial charge < -0.3 is 10.1 Å². The van der Waals surface area contributed by atoms with E-state index in [0.717, 1.165) is 17.0 Å². The maximum atomic E-state index is 13.0. The highest BCUT2D eigenvalue weighted by atomic mass is 19.4. The Labute approximate surface area is 200 Å². The van der Waals surface area contributed by atoms with Crippen molar-refractivity contribution in [2.24, 2.45) is 0 Å². The number of benzene rings is 2. The molecule has 10 heteroatoms. The van der Waals surface area contributed by atoms with E-state index in [1.54, 1.807) is 24.3 Å². The molecular formula is C25H26F3N3O4. The Bertz CT molecular complexity index is 1050. The zero-order valence-electron chi connectivity index (χ0n) is 19.0. The zero-order chi connectivity index (χ0) is 25.0. The number of nitrogens with one attached hydrogen (secondary N) is 1. The molecule has 0 spiro atoms. The van der Waals surface area contributed by atoms with Gasteiger partial charge in [-0.15, -0.1) is 0 Å². The first kappa shape index (κ1) is 24.9. The van der Waals surface area contributed by atoms with Crippen molar-refractivity contribution < 1.29 is 32.3 Å². The summed E-state index contributed by atoms with van der Waals surface area (Å²) < 4.78 is 44.2. The molecule has 0 bridgehead atoms. The Hall–Kier alpha value is -3.24. The molecule has 7 nitrogen and oxygen atoms in total. The summed E-state index contributed by atoms with van der Waals surface area (Å²) >= 11 is 0. The van der Waals surface area contributed by atoms with Crippen molar-refractivity contribution in [3.05, 3.63) is 70.8 Å². The van der Waals surface area contributed by atoms with Gasteiger partial charge in [0.05, 0.1) is 35.9 Å². The van der Waals surface area contributed by atoms with Crippen LogP contribution in [-0.4, -0.2) is 66.9 Å². The van der Waals surface area contributed by atoms with Gasteiger partial charge in [-0.05, 0) is 36.2 Å². The third-order valence-electron chi connectivity index (χ3n) is 6.27. The Morgan fingerprint density at radius 2 is 1.57 bits per heavy atom. The number of fused-ring (bicyclic) bond motifs is 1. The van der Waals surface area contributed by atoms with E-state index in [1.807, 2.05) is 0 Å².